The lowest BCUT2D eigenvalue weighted by molar-refractivity contribution is 0.602. The lowest BCUT2D eigenvalue weighted by Gasteiger charge is -2.11. The third-order valence-corrected chi connectivity index (χ3v) is 7.99. The van der Waals surface area contributed by atoms with Gasteiger partial charge in [0.05, 0.1) is 0 Å². The summed E-state index contributed by atoms with van der Waals surface area (Å²) in [6.45, 7) is 0. The quantitative estimate of drug-likeness (QED) is 0.197. The van der Waals surface area contributed by atoms with Crippen LogP contribution in [0.25, 0.3) is 78.7 Å². The molecule has 4 heteroatoms. The highest BCUT2D eigenvalue weighted by Gasteiger charge is 2.22. The van der Waals surface area contributed by atoms with E-state index in [0.29, 0.717) is 17.5 Å². The summed E-state index contributed by atoms with van der Waals surface area (Å²) in [4.78, 5) is 14.9. The summed E-state index contributed by atoms with van der Waals surface area (Å²) in [5.74, 6) is 3.44. The zero-order valence-electron chi connectivity index (χ0n) is 24.3. The Morgan fingerprint density at radius 2 is 0.644 bits per heavy atom. The molecular formula is C41H27N3O. The highest BCUT2D eigenvalue weighted by molar-refractivity contribution is 6.06. The molecule has 2 aromatic heterocycles. The number of hydrogen-bond acceptors (Lipinski definition) is 4. The van der Waals surface area contributed by atoms with E-state index in [-0.39, 0.29) is 0 Å². The molecule has 0 amide bonds. The SMILES string of the molecule is c1ccc(-c2nc(-c3ccccc3)nc(-c3ccccc3-c3oc(-c4ccccc4-c4ccccc4)c4ccccc34)n2)cc1. The predicted octanol–water partition coefficient (Wildman–Crippen LogP) is 10.6. The molecule has 4 nitrogen and oxygen atoms in total. The van der Waals surface area contributed by atoms with Gasteiger partial charge in [0.25, 0.3) is 0 Å². The van der Waals surface area contributed by atoms with Gasteiger partial charge in [-0.05, 0) is 11.1 Å². The maximum atomic E-state index is 6.92. The lowest BCUT2D eigenvalue weighted by Crippen LogP contribution is -2.00. The van der Waals surface area contributed by atoms with Crippen LogP contribution in [-0.4, -0.2) is 15.0 Å². The first-order valence-electron chi connectivity index (χ1n) is 15.0. The molecule has 0 atom stereocenters. The molecule has 0 fully saturated rings. The van der Waals surface area contributed by atoms with Gasteiger partial charge >= 0.3 is 0 Å². The Morgan fingerprint density at radius 3 is 1.16 bits per heavy atom. The van der Waals surface area contributed by atoms with Gasteiger partial charge < -0.3 is 4.42 Å². The van der Waals surface area contributed by atoms with Crippen molar-refractivity contribution in [3.8, 4) is 67.9 Å². The monoisotopic (exact) mass is 577 g/mol. The normalized spacial score (nSPS) is 11.1. The Labute approximate surface area is 261 Å². The molecule has 0 aliphatic carbocycles. The smallest absolute Gasteiger partial charge is 0.164 e. The van der Waals surface area contributed by atoms with Crippen molar-refractivity contribution in [1.29, 1.82) is 0 Å². The van der Waals surface area contributed by atoms with Crippen molar-refractivity contribution in [3.05, 3.63) is 164 Å². The van der Waals surface area contributed by atoms with E-state index in [0.717, 1.165) is 61.2 Å². The van der Waals surface area contributed by atoms with E-state index in [1.165, 1.54) is 0 Å². The molecule has 0 aliphatic heterocycles. The van der Waals surface area contributed by atoms with Gasteiger partial charge in [-0.1, -0.05) is 164 Å². The van der Waals surface area contributed by atoms with Crippen LogP contribution in [0.5, 0.6) is 0 Å². The van der Waals surface area contributed by atoms with Crippen LogP contribution in [0.2, 0.25) is 0 Å². The molecule has 0 aliphatic rings. The van der Waals surface area contributed by atoms with Gasteiger partial charge in [0.1, 0.15) is 11.5 Å². The second-order valence-electron chi connectivity index (χ2n) is 10.8. The maximum absolute atomic E-state index is 6.92. The average Bonchev–Trinajstić information content (AvgIpc) is 3.52. The molecule has 0 unspecified atom stereocenters. The van der Waals surface area contributed by atoms with Crippen molar-refractivity contribution in [3.63, 3.8) is 0 Å². The van der Waals surface area contributed by atoms with E-state index in [1.807, 2.05) is 78.9 Å². The Bertz CT molecular complexity index is 2200. The van der Waals surface area contributed by atoms with Gasteiger partial charge in [-0.15, -0.1) is 0 Å². The van der Waals surface area contributed by atoms with Crippen LogP contribution in [-0.2, 0) is 0 Å². The van der Waals surface area contributed by atoms with Crippen LogP contribution in [0.1, 0.15) is 0 Å². The van der Waals surface area contributed by atoms with Crippen LogP contribution >= 0.6 is 0 Å². The molecule has 0 N–H and O–H groups in total. The van der Waals surface area contributed by atoms with Crippen molar-refractivity contribution < 1.29 is 4.42 Å². The van der Waals surface area contributed by atoms with Crippen LogP contribution in [0.4, 0.5) is 0 Å². The minimum absolute atomic E-state index is 0.588. The minimum Gasteiger partial charge on any atom is -0.455 e. The maximum Gasteiger partial charge on any atom is 0.164 e. The van der Waals surface area contributed by atoms with Crippen LogP contribution in [0.15, 0.2) is 168 Å². The fourth-order valence-electron chi connectivity index (χ4n) is 5.85. The Kier molecular flexibility index (Phi) is 6.78. The molecule has 0 bridgehead atoms. The van der Waals surface area contributed by atoms with E-state index in [1.54, 1.807) is 0 Å². The number of aromatic nitrogens is 3. The molecule has 212 valence electrons. The standard InChI is InChI=1S/C41H27N3O/c1-4-16-28(17-5-1)31-22-10-11-23-32(31)37-33-24-12-13-25-34(33)38(45-37)35-26-14-15-27-36(35)41-43-39(29-18-6-2-7-19-29)42-40(44-41)30-20-8-3-9-21-30/h1-27H. The summed E-state index contributed by atoms with van der Waals surface area (Å²) >= 11 is 0. The summed E-state index contributed by atoms with van der Waals surface area (Å²) in [6, 6.07) is 55.5. The van der Waals surface area contributed by atoms with Gasteiger partial charge in [0, 0.05) is 38.6 Å². The first-order valence-corrected chi connectivity index (χ1v) is 15.0. The molecule has 45 heavy (non-hydrogen) atoms. The van der Waals surface area contributed by atoms with E-state index >= 15 is 0 Å². The lowest BCUT2D eigenvalue weighted by atomic mass is 9.96. The topological polar surface area (TPSA) is 51.8 Å². The Hall–Kier alpha value is -6.13. The zero-order chi connectivity index (χ0) is 30.0. The van der Waals surface area contributed by atoms with Crippen LogP contribution in [0, 0.1) is 0 Å². The van der Waals surface area contributed by atoms with Crippen molar-refractivity contribution in [1.82, 2.24) is 15.0 Å². The van der Waals surface area contributed by atoms with E-state index < -0.39 is 0 Å². The summed E-state index contributed by atoms with van der Waals surface area (Å²) in [6.07, 6.45) is 0. The van der Waals surface area contributed by atoms with Gasteiger partial charge in [0.15, 0.2) is 17.5 Å². The average molecular weight is 578 g/mol. The first-order chi connectivity index (χ1) is 22.3. The summed E-state index contributed by atoms with van der Waals surface area (Å²) in [7, 11) is 0. The molecular weight excluding hydrogens is 550 g/mol. The Balaban J connectivity index is 1.34. The first kappa shape index (κ1) is 26.5. The molecule has 0 radical (unpaired) electrons. The summed E-state index contributed by atoms with van der Waals surface area (Å²) in [5.41, 5.74) is 6.95. The van der Waals surface area contributed by atoms with Gasteiger partial charge in [-0.2, -0.15) is 0 Å². The molecule has 8 rings (SSSR count). The number of benzene rings is 6. The number of hydrogen-bond donors (Lipinski definition) is 0. The second kappa shape index (κ2) is 11.5. The van der Waals surface area contributed by atoms with Crippen molar-refractivity contribution in [2.75, 3.05) is 0 Å². The van der Waals surface area contributed by atoms with E-state index in [4.69, 9.17) is 19.4 Å². The highest BCUT2D eigenvalue weighted by atomic mass is 16.3. The largest absolute Gasteiger partial charge is 0.455 e. The van der Waals surface area contributed by atoms with Crippen LogP contribution < -0.4 is 0 Å². The zero-order valence-corrected chi connectivity index (χ0v) is 24.3. The molecule has 2 heterocycles. The summed E-state index contributed by atoms with van der Waals surface area (Å²) < 4.78 is 6.92. The van der Waals surface area contributed by atoms with E-state index in [9.17, 15) is 0 Å². The molecule has 8 aromatic rings. The number of fused-ring (bicyclic) bond motifs is 1. The molecule has 0 saturated heterocycles. The van der Waals surface area contributed by atoms with Crippen molar-refractivity contribution >= 4 is 10.8 Å². The number of rotatable bonds is 6. The highest BCUT2D eigenvalue weighted by Crippen LogP contribution is 2.44. The van der Waals surface area contributed by atoms with Crippen molar-refractivity contribution in [2.24, 2.45) is 0 Å². The van der Waals surface area contributed by atoms with E-state index in [2.05, 4.69) is 84.9 Å². The predicted molar refractivity (Wildman–Crippen MR) is 182 cm³/mol. The van der Waals surface area contributed by atoms with Gasteiger partial charge in [0.2, 0.25) is 0 Å². The third-order valence-electron chi connectivity index (χ3n) is 7.99. The fourth-order valence-corrected chi connectivity index (χ4v) is 5.85. The molecule has 6 aromatic carbocycles. The Morgan fingerprint density at radius 1 is 0.289 bits per heavy atom. The van der Waals surface area contributed by atoms with Gasteiger partial charge in [-0.25, -0.2) is 15.0 Å². The molecule has 0 saturated carbocycles. The number of furan rings is 1. The second-order valence-corrected chi connectivity index (χ2v) is 10.8. The van der Waals surface area contributed by atoms with Crippen molar-refractivity contribution in [2.45, 2.75) is 0 Å². The minimum atomic E-state index is 0.588. The molecule has 0 spiro atoms. The van der Waals surface area contributed by atoms with Crippen LogP contribution in [0.3, 0.4) is 0 Å². The number of nitrogens with zero attached hydrogens (tertiary/aromatic N) is 3. The summed E-state index contributed by atoms with van der Waals surface area (Å²) in [5, 5.41) is 2.08. The van der Waals surface area contributed by atoms with Gasteiger partial charge in [-0.3, -0.25) is 0 Å². The fraction of sp³-hybridized carbons (Fsp3) is 0. The third kappa shape index (κ3) is 4.98.